The van der Waals surface area contributed by atoms with Gasteiger partial charge in [-0.1, -0.05) is 41.5 Å². The molecule has 1 aliphatic heterocycles. The third-order valence-corrected chi connectivity index (χ3v) is 10.3. The van der Waals surface area contributed by atoms with E-state index in [-0.39, 0.29) is 41.8 Å². The molecule has 168 valence electrons. The Morgan fingerprint density at radius 1 is 1.17 bits per heavy atom. The zero-order valence-electron chi connectivity index (χ0n) is 19.7. The van der Waals surface area contributed by atoms with E-state index >= 15 is 0 Å². The molecule has 0 amide bonds. The van der Waals surface area contributed by atoms with Crippen molar-refractivity contribution >= 4 is 11.6 Å². The molecule has 2 N–H and O–H groups in total. The average Bonchev–Trinajstić information content (AvgIpc) is 2.63. The molecule has 4 aliphatic rings. The molecule has 2 saturated carbocycles. The van der Waals surface area contributed by atoms with Gasteiger partial charge in [-0.25, -0.2) is 0 Å². The fourth-order valence-corrected chi connectivity index (χ4v) is 8.39. The number of fused-ring (bicyclic) bond motifs is 5. The summed E-state index contributed by atoms with van der Waals surface area (Å²) in [6, 6.07) is 0. The van der Waals surface area contributed by atoms with Gasteiger partial charge in [0.05, 0.1) is 29.8 Å². The topological polar surface area (TPSA) is 83.8 Å². The van der Waals surface area contributed by atoms with Crippen LogP contribution in [0.1, 0.15) is 68.2 Å². The van der Waals surface area contributed by atoms with E-state index in [4.69, 9.17) is 4.74 Å². The molecular formula is C25H38O5. The first-order valence-corrected chi connectivity index (χ1v) is 11.5. The number of carbonyl (C=O) groups excluding carboxylic acids is 2. The Kier molecular flexibility index (Phi) is 4.63. The van der Waals surface area contributed by atoms with Gasteiger partial charge in [-0.2, -0.15) is 0 Å². The summed E-state index contributed by atoms with van der Waals surface area (Å²) < 4.78 is 5.90. The van der Waals surface area contributed by atoms with Crippen LogP contribution in [0.3, 0.4) is 0 Å². The Morgan fingerprint density at radius 2 is 1.77 bits per heavy atom. The minimum Gasteiger partial charge on any atom is -0.389 e. The smallest absolute Gasteiger partial charge is 0.146 e. The van der Waals surface area contributed by atoms with Gasteiger partial charge in [0, 0.05) is 23.2 Å². The second-order valence-corrected chi connectivity index (χ2v) is 11.5. The number of Topliss-reactive ketones (excluding diaryl/α,β-unsaturated/α-hetero) is 2. The molecule has 5 nitrogen and oxygen atoms in total. The molecule has 0 aromatic carbocycles. The molecule has 30 heavy (non-hydrogen) atoms. The Labute approximate surface area is 180 Å². The molecule has 1 heterocycles. The highest BCUT2D eigenvalue weighted by Gasteiger charge is 2.74. The summed E-state index contributed by atoms with van der Waals surface area (Å²) in [6.07, 6.45) is -0.0918. The Bertz CT molecular complexity index is 842. The quantitative estimate of drug-likeness (QED) is 0.638. The first-order valence-electron chi connectivity index (χ1n) is 11.5. The number of hydrogen-bond acceptors (Lipinski definition) is 5. The van der Waals surface area contributed by atoms with Gasteiger partial charge in [0.25, 0.3) is 0 Å². The summed E-state index contributed by atoms with van der Waals surface area (Å²) in [5.41, 5.74) is -1.73. The zero-order valence-corrected chi connectivity index (χ0v) is 19.7. The van der Waals surface area contributed by atoms with Crippen LogP contribution in [0.15, 0.2) is 11.1 Å². The fourth-order valence-electron chi connectivity index (χ4n) is 8.39. The average molecular weight is 419 g/mol. The highest BCUT2D eigenvalue weighted by atomic mass is 16.5. The molecule has 0 spiro atoms. The second kappa shape index (κ2) is 6.26. The molecule has 4 rings (SSSR count). The summed E-state index contributed by atoms with van der Waals surface area (Å²) in [5.74, 6) is -0.892. The molecule has 0 aromatic rings. The predicted octanol–water partition coefficient (Wildman–Crippen LogP) is 3.32. The normalized spacial score (nSPS) is 52.5. The lowest BCUT2D eigenvalue weighted by Gasteiger charge is -2.69. The van der Waals surface area contributed by atoms with Crippen LogP contribution >= 0.6 is 0 Å². The maximum Gasteiger partial charge on any atom is 0.146 e. The number of aliphatic hydroxyl groups is 2. The van der Waals surface area contributed by atoms with Crippen LogP contribution in [0.4, 0.5) is 0 Å². The molecule has 3 fully saturated rings. The van der Waals surface area contributed by atoms with Gasteiger partial charge in [0.2, 0.25) is 0 Å². The van der Waals surface area contributed by atoms with E-state index in [1.165, 1.54) is 0 Å². The van der Waals surface area contributed by atoms with Crippen molar-refractivity contribution in [3.05, 3.63) is 11.1 Å². The van der Waals surface area contributed by atoms with E-state index in [1.807, 2.05) is 41.5 Å². The van der Waals surface area contributed by atoms with E-state index in [2.05, 4.69) is 6.92 Å². The summed E-state index contributed by atoms with van der Waals surface area (Å²) in [5, 5.41) is 23.2. The minimum absolute atomic E-state index is 0.0362. The van der Waals surface area contributed by atoms with Gasteiger partial charge in [-0.05, 0) is 49.2 Å². The molecule has 9 atom stereocenters. The molecular weight excluding hydrogens is 380 g/mol. The number of ketones is 2. The fraction of sp³-hybridized carbons (Fsp3) is 0.840. The second-order valence-electron chi connectivity index (χ2n) is 11.5. The van der Waals surface area contributed by atoms with Crippen molar-refractivity contribution < 1.29 is 24.5 Å². The number of aliphatic hydroxyl groups excluding tert-OH is 1. The van der Waals surface area contributed by atoms with Crippen LogP contribution in [0.25, 0.3) is 0 Å². The highest BCUT2D eigenvalue weighted by Crippen LogP contribution is 2.68. The Hall–Kier alpha value is -1.04. The van der Waals surface area contributed by atoms with Crippen molar-refractivity contribution in [1.82, 2.24) is 0 Å². The van der Waals surface area contributed by atoms with Crippen molar-refractivity contribution in [2.45, 2.75) is 86.0 Å². The van der Waals surface area contributed by atoms with Crippen molar-refractivity contribution in [2.75, 3.05) is 6.61 Å². The molecule has 0 unspecified atom stereocenters. The van der Waals surface area contributed by atoms with Crippen molar-refractivity contribution in [2.24, 2.45) is 39.9 Å². The number of hydrogen-bond donors (Lipinski definition) is 2. The Balaban J connectivity index is 2.05. The van der Waals surface area contributed by atoms with Crippen molar-refractivity contribution in [1.29, 1.82) is 0 Å². The third kappa shape index (κ3) is 2.20. The lowest BCUT2D eigenvalue weighted by molar-refractivity contribution is -0.285. The summed E-state index contributed by atoms with van der Waals surface area (Å²) in [6.45, 7) is 15.9. The number of ether oxygens (including phenoxy) is 1. The van der Waals surface area contributed by atoms with Crippen LogP contribution in [-0.4, -0.2) is 46.2 Å². The van der Waals surface area contributed by atoms with Crippen LogP contribution in [-0.2, 0) is 14.3 Å². The molecule has 5 heteroatoms. The molecule has 3 aliphatic carbocycles. The molecule has 0 aromatic heterocycles. The maximum absolute atomic E-state index is 14.2. The minimum atomic E-state index is -1.23. The molecule has 0 radical (unpaired) electrons. The van der Waals surface area contributed by atoms with E-state index in [0.717, 1.165) is 11.1 Å². The molecule has 1 saturated heterocycles. The van der Waals surface area contributed by atoms with Gasteiger partial charge >= 0.3 is 0 Å². The van der Waals surface area contributed by atoms with E-state index < -0.39 is 33.9 Å². The van der Waals surface area contributed by atoms with Gasteiger partial charge in [0.1, 0.15) is 11.6 Å². The zero-order chi connectivity index (χ0) is 22.6. The van der Waals surface area contributed by atoms with E-state index in [1.54, 1.807) is 6.92 Å². The first kappa shape index (κ1) is 22.2. The lowest BCUT2D eigenvalue weighted by atomic mass is 9.38. The Morgan fingerprint density at radius 3 is 2.27 bits per heavy atom. The van der Waals surface area contributed by atoms with Crippen LogP contribution in [0, 0.1) is 39.9 Å². The predicted molar refractivity (Wildman–Crippen MR) is 114 cm³/mol. The van der Waals surface area contributed by atoms with Crippen LogP contribution < -0.4 is 0 Å². The highest BCUT2D eigenvalue weighted by molar-refractivity contribution is 5.93. The summed E-state index contributed by atoms with van der Waals surface area (Å²) in [4.78, 5) is 27.4. The summed E-state index contributed by atoms with van der Waals surface area (Å²) in [7, 11) is 0. The standard InChI is InChI=1S/C25H38O5/c1-12-9-18-24(11-30-18,16(5)26)20-15(4)25(29)10-17(27)13(2)19(22(25,6)7)14(3)21(28)23(12,20)8/h12,14-15,17-18,20,27,29H,9-11H2,1-8H3/t12-,14+,15-,17-,18+,20-,23+,24-,25+/m0/s1. The van der Waals surface area contributed by atoms with E-state index in [0.29, 0.717) is 13.0 Å². The van der Waals surface area contributed by atoms with Crippen molar-refractivity contribution in [3.63, 3.8) is 0 Å². The van der Waals surface area contributed by atoms with Gasteiger partial charge in [-0.3, -0.25) is 9.59 Å². The van der Waals surface area contributed by atoms with Crippen LogP contribution in [0.2, 0.25) is 0 Å². The first-order chi connectivity index (χ1) is 13.7. The monoisotopic (exact) mass is 418 g/mol. The van der Waals surface area contributed by atoms with Gasteiger partial charge < -0.3 is 14.9 Å². The number of rotatable bonds is 1. The van der Waals surface area contributed by atoms with Crippen molar-refractivity contribution in [3.8, 4) is 0 Å². The van der Waals surface area contributed by atoms with Crippen LogP contribution in [0.5, 0.6) is 0 Å². The van der Waals surface area contributed by atoms with E-state index in [9.17, 15) is 19.8 Å². The third-order valence-electron chi connectivity index (χ3n) is 10.3. The SMILES string of the molecule is CC(=O)[C@@]12CO[C@@H]1C[C@H](C)[C@@]1(C)C(=O)[C@H](C)C3=C(C)[C@@H](O)C[C@@](O)([C@@H](C)[C@@H]12)C3(C)C. The lowest BCUT2D eigenvalue weighted by Crippen LogP contribution is -2.75. The van der Waals surface area contributed by atoms with Gasteiger partial charge in [-0.15, -0.1) is 0 Å². The maximum atomic E-state index is 14.2. The summed E-state index contributed by atoms with van der Waals surface area (Å²) >= 11 is 0. The molecule has 2 bridgehead atoms. The largest absolute Gasteiger partial charge is 0.389 e. The number of carbonyl (C=O) groups is 2. The van der Waals surface area contributed by atoms with Gasteiger partial charge in [0.15, 0.2) is 0 Å².